The molecule has 7 heteroatoms. The van der Waals surface area contributed by atoms with Crippen LogP contribution in [-0.4, -0.2) is 21.0 Å². The molecule has 0 atom stereocenters. The summed E-state index contributed by atoms with van der Waals surface area (Å²) in [5.74, 6) is 0.104. The fourth-order valence-electron chi connectivity index (χ4n) is 1.82. The summed E-state index contributed by atoms with van der Waals surface area (Å²) in [6.45, 7) is 3.57. The lowest BCUT2D eigenvalue weighted by molar-refractivity contribution is -0.385. The van der Waals surface area contributed by atoms with Crippen LogP contribution >= 0.6 is 0 Å². The number of H-pyrrole nitrogens is 1. The topological polar surface area (TPSA) is 101 Å². The summed E-state index contributed by atoms with van der Waals surface area (Å²) in [6, 6.07) is 4.38. The molecule has 1 heterocycles. The minimum Gasteiger partial charge on any atom is -0.307 e. The average molecular weight is 274 g/mol. The molecule has 2 N–H and O–H groups in total. The molecule has 0 aliphatic heterocycles. The Balaban J connectivity index is 2.26. The highest BCUT2D eigenvalue weighted by Crippen LogP contribution is 2.20. The van der Waals surface area contributed by atoms with E-state index in [9.17, 15) is 14.9 Å². The quantitative estimate of drug-likeness (QED) is 0.660. The van der Waals surface area contributed by atoms with Crippen molar-refractivity contribution in [3.63, 3.8) is 0 Å². The number of nitro groups is 1. The van der Waals surface area contributed by atoms with Crippen LogP contribution < -0.4 is 5.32 Å². The highest BCUT2D eigenvalue weighted by atomic mass is 16.6. The standard InChI is InChI=1S/C13H14N4O3/c1-3-9-7-14-16-12(9)15-13(18)10-5-4-8(2)11(6-10)17(19)20/h4-7H,3H2,1-2H3,(H2,14,15,16,18). The van der Waals surface area contributed by atoms with Gasteiger partial charge >= 0.3 is 0 Å². The molecule has 1 aromatic carbocycles. The summed E-state index contributed by atoms with van der Waals surface area (Å²) >= 11 is 0. The molecule has 0 radical (unpaired) electrons. The highest BCUT2D eigenvalue weighted by Gasteiger charge is 2.16. The smallest absolute Gasteiger partial charge is 0.273 e. The summed E-state index contributed by atoms with van der Waals surface area (Å²) in [7, 11) is 0. The molecule has 0 bridgehead atoms. The van der Waals surface area contributed by atoms with Crippen molar-refractivity contribution in [3.05, 3.63) is 51.2 Å². The van der Waals surface area contributed by atoms with Gasteiger partial charge in [-0.1, -0.05) is 13.0 Å². The van der Waals surface area contributed by atoms with E-state index < -0.39 is 10.8 Å². The van der Waals surface area contributed by atoms with Crippen LogP contribution in [0.1, 0.15) is 28.4 Å². The Bertz CT molecular complexity index is 663. The zero-order valence-corrected chi connectivity index (χ0v) is 11.1. The van der Waals surface area contributed by atoms with Gasteiger partial charge < -0.3 is 5.32 Å². The molecule has 0 fully saturated rings. The number of carbonyl (C=O) groups excluding carboxylic acids is 1. The van der Waals surface area contributed by atoms with E-state index in [4.69, 9.17) is 0 Å². The first-order valence-corrected chi connectivity index (χ1v) is 6.11. The first kappa shape index (κ1) is 13.7. The number of aromatic amines is 1. The Hall–Kier alpha value is -2.70. The number of nitro benzene ring substituents is 1. The number of anilines is 1. The molecule has 0 saturated heterocycles. The predicted octanol–water partition coefficient (Wildman–Crippen LogP) is 2.44. The molecule has 1 amide bonds. The van der Waals surface area contributed by atoms with E-state index in [1.54, 1.807) is 25.3 Å². The number of amides is 1. The van der Waals surface area contributed by atoms with Crippen molar-refractivity contribution in [3.8, 4) is 0 Å². The van der Waals surface area contributed by atoms with Crippen molar-refractivity contribution < 1.29 is 9.72 Å². The van der Waals surface area contributed by atoms with Crippen LogP contribution in [0, 0.1) is 17.0 Å². The lowest BCUT2D eigenvalue weighted by atomic mass is 10.1. The normalized spacial score (nSPS) is 10.3. The second-order valence-electron chi connectivity index (χ2n) is 4.34. The fourth-order valence-corrected chi connectivity index (χ4v) is 1.82. The maximum absolute atomic E-state index is 12.1. The van der Waals surface area contributed by atoms with Crippen LogP contribution in [-0.2, 0) is 6.42 Å². The third kappa shape index (κ3) is 2.66. The van der Waals surface area contributed by atoms with E-state index in [0.29, 0.717) is 11.4 Å². The molecule has 20 heavy (non-hydrogen) atoms. The summed E-state index contributed by atoms with van der Waals surface area (Å²) in [5, 5.41) is 20.1. The third-order valence-corrected chi connectivity index (χ3v) is 3.01. The van der Waals surface area contributed by atoms with Gasteiger partial charge in [-0.25, -0.2) is 0 Å². The van der Waals surface area contributed by atoms with Gasteiger partial charge in [0.15, 0.2) is 0 Å². The maximum Gasteiger partial charge on any atom is 0.273 e. The van der Waals surface area contributed by atoms with Crippen LogP contribution in [0.4, 0.5) is 11.5 Å². The summed E-state index contributed by atoms with van der Waals surface area (Å²) in [5.41, 5.74) is 1.55. The molecule has 1 aromatic heterocycles. The molecular weight excluding hydrogens is 260 g/mol. The van der Waals surface area contributed by atoms with E-state index >= 15 is 0 Å². The van der Waals surface area contributed by atoms with Crippen molar-refractivity contribution in [2.75, 3.05) is 5.32 Å². The summed E-state index contributed by atoms with van der Waals surface area (Å²) in [6.07, 6.45) is 2.35. The van der Waals surface area contributed by atoms with Gasteiger partial charge in [0.2, 0.25) is 0 Å². The molecule has 104 valence electrons. The second kappa shape index (κ2) is 5.52. The second-order valence-corrected chi connectivity index (χ2v) is 4.34. The van der Waals surface area contributed by atoms with E-state index in [0.717, 1.165) is 12.0 Å². The minimum atomic E-state index is -0.500. The Kier molecular flexibility index (Phi) is 3.79. The number of hydrogen-bond donors (Lipinski definition) is 2. The molecule has 0 unspecified atom stereocenters. The number of nitrogens with one attached hydrogen (secondary N) is 2. The third-order valence-electron chi connectivity index (χ3n) is 3.01. The van der Waals surface area contributed by atoms with Gasteiger partial charge in [0, 0.05) is 22.8 Å². The molecule has 0 spiro atoms. The van der Waals surface area contributed by atoms with E-state index in [1.165, 1.54) is 6.07 Å². The van der Waals surface area contributed by atoms with Gasteiger partial charge in [-0.05, 0) is 19.4 Å². The van der Waals surface area contributed by atoms with Crippen molar-refractivity contribution >= 4 is 17.4 Å². The first-order chi connectivity index (χ1) is 9.52. The van der Waals surface area contributed by atoms with Crippen molar-refractivity contribution in [2.45, 2.75) is 20.3 Å². The highest BCUT2D eigenvalue weighted by molar-refractivity contribution is 6.04. The van der Waals surface area contributed by atoms with Crippen LogP contribution in [0.3, 0.4) is 0 Å². The van der Waals surface area contributed by atoms with Crippen molar-refractivity contribution in [2.24, 2.45) is 0 Å². The number of rotatable bonds is 4. The number of aromatic nitrogens is 2. The molecule has 0 aliphatic rings. The summed E-state index contributed by atoms with van der Waals surface area (Å²) in [4.78, 5) is 22.5. The van der Waals surface area contributed by atoms with Gasteiger partial charge in [-0.2, -0.15) is 5.10 Å². The number of aryl methyl sites for hydroxylation is 2. The number of benzene rings is 1. The van der Waals surface area contributed by atoms with Gasteiger partial charge in [-0.3, -0.25) is 20.0 Å². The summed E-state index contributed by atoms with van der Waals surface area (Å²) < 4.78 is 0. The lowest BCUT2D eigenvalue weighted by Crippen LogP contribution is -2.13. The monoisotopic (exact) mass is 274 g/mol. The van der Waals surface area contributed by atoms with E-state index in [1.807, 2.05) is 6.92 Å². The van der Waals surface area contributed by atoms with Crippen molar-refractivity contribution in [1.82, 2.24) is 10.2 Å². The van der Waals surface area contributed by atoms with Gasteiger partial charge in [0.05, 0.1) is 11.1 Å². The molecule has 2 rings (SSSR count). The van der Waals surface area contributed by atoms with Crippen LogP contribution in [0.25, 0.3) is 0 Å². The maximum atomic E-state index is 12.1. The molecule has 2 aromatic rings. The Morgan fingerprint density at radius 3 is 2.90 bits per heavy atom. The van der Waals surface area contributed by atoms with Gasteiger partial charge in [0.25, 0.3) is 11.6 Å². The van der Waals surface area contributed by atoms with Gasteiger partial charge in [0.1, 0.15) is 5.82 Å². The number of carbonyl (C=O) groups is 1. The van der Waals surface area contributed by atoms with Crippen LogP contribution in [0.15, 0.2) is 24.4 Å². The predicted molar refractivity (Wildman–Crippen MR) is 73.8 cm³/mol. The number of nitrogens with zero attached hydrogens (tertiary/aromatic N) is 2. The Morgan fingerprint density at radius 1 is 1.50 bits per heavy atom. The van der Waals surface area contributed by atoms with Crippen LogP contribution in [0.2, 0.25) is 0 Å². The lowest BCUT2D eigenvalue weighted by Gasteiger charge is -2.05. The minimum absolute atomic E-state index is 0.0713. The largest absolute Gasteiger partial charge is 0.307 e. The molecule has 7 nitrogen and oxygen atoms in total. The Morgan fingerprint density at radius 2 is 2.25 bits per heavy atom. The molecular formula is C13H14N4O3. The van der Waals surface area contributed by atoms with Crippen molar-refractivity contribution in [1.29, 1.82) is 0 Å². The Labute approximate surface area is 115 Å². The zero-order chi connectivity index (χ0) is 14.7. The SMILES string of the molecule is CCc1cn[nH]c1NC(=O)c1ccc(C)c([N+](=O)[O-])c1. The van der Waals surface area contributed by atoms with Crippen LogP contribution in [0.5, 0.6) is 0 Å². The number of hydrogen-bond acceptors (Lipinski definition) is 4. The fraction of sp³-hybridized carbons (Fsp3) is 0.231. The molecule has 0 saturated carbocycles. The zero-order valence-electron chi connectivity index (χ0n) is 11.1. The van der Waals surface area contributed by atoms with E-state index in [-0.39, 0.29) is 11.3 Å². The van der Waals surface area contributed by atoms with Gasteiger partial charge in [-0.15, -0.1) is 0 Å². The average Bonchev–Trinajstić information content (AvgIpc) is 2.86. The molecule has 0 aliphatic carbocycles. The first-order valence-electron chi connectivity index (χ1n) is 6.11. The van der Waals surface area contributed by atoms with E-state index in [2.05, 4.69) is 15.5 Å².